The third-order valence-electron chi connectivity index (χ3n) is 4.23. The lowest BCUT2D eigenvalue weighted by molar-refractivity contribution is -0.173. The molecule has 1 aliphatic rings. The Labute approximate surface area is 145 Å². The van der Waals surface area contributed by atoms with Gasteiger partial charge in [0.25, 0.3) is 0 Å². The van der Waals surface area contributed by atoms with Gasteiger partial charge in [-0.15, -0.1) is 0 Å². The van der Waals surface area contributed by atoms with E-state index in [1.54, 1.807) is 0 Å². The van der Waals surface area contributed by atoms with Crippen molar-refractivity contribution in [3.05, 3.63) is 35.4 Å². The van der Waals surface area contributed by atoms with E-state index >= 15 is 0 Å². The van der Waals surface area contributed by atoms with Gasteiger partial charge in [0.05, 0.1) is 0 Å². The van der Waals surface area contributed by atoms with Gasteiger partial charge in [-0.2, -0.15) is 13.2 Å². The van der Waals surface area contributed by atoms with Crippen molar-refractivity contribution in [2.24, 2.45) is 0 Å². The van der Waals surface area contributed by atoms with E-state index in [-0.39, 0.29) is 6.54 Å². The molecule has 0 aromatic heterocycles. The van der Waals surface area contributed by atoms with Crippen LogP contribution < -0.4 is 5.32 Å². The number of amides is 1. The molecule has 0 radical (unpaired) electrons. The van der Waals surface area contributed by atoms with Gasteiger partial charge in [-0.05, 0) is 56.2 Å². The highest BCUT2D eigenvalue weighted by Crippen LogP contribution is 2.27. The van der Waals surface area contributed by atoms with E-state index in [4.69, 9.17) is 0 Å². The first-order valence-electron chi connectivity index (χ1n) is 8.48. The Morgan fingerprint density at radius 2 is 1.96 bits per heavy atom. The molecule has 1 amide bonds. The quantitative estimate of drug-likeness (QED) is 0.644. The summed E-state index contributed by atoms with van der Waals surface area (Å²) in [5, 5.41) is 12.2. The van der Waals surface area contributed by atoms with Gasteiger partial charge < -0.3 is 10.4 Å². The van der Waals surface area contributed by atoms with E-state index in [0.29, 0.717) is 25.7 Å². The van der Waals surface area contributed by atoms with E-state index in [1.165, 1.54) is 0 Å². The first kappa shape index (κ1) is 19.3. The number of carbonyl (C=O) groups is 1. The second kappa shape index (κ2) is 8.39. The molecule has 0 unspecified atom stereocenters. The van der Waals surface area contributed by atoms with Crippen LogP contribution in [0.5, 0.6) is 0 Å². The van der Waals surface area contributed by atoms with Gasteiger partial charge in [0.15, 0.2) is 0 Å². The van der Waals surface area contributed by atoms with Crippen LogP contribution in [0.2, 0.25) is 0 Å². The molecule has 25 heavy (non-hydrogen) atoms. The Morgan fingerprint density at radius 3 is 2.64 bits per heavy atom. The monoisotopic (exact) mass is 353 g/mol. The number of rotatable bonds is 4. The molecule has 1 aromatic rings. The Kier molecular flexibility index (Phi) is 6.49. The number of benzene rings is 1. The maximum atomic E-state index is 12.1. The topological polar surface area (TPSA) is 49.3 Å². The highest BCUT2D eigenvalue weighted by atomic mass is 19.4. The minimum Gasteiger partial charge on any atom is -0.378 e. The number of aryl methyl sites for hydroxylation is 1. The van der Waals surface area contributed by atoms with Crippen LogP contribution in [0.1, 0.15) is 49.7 Å². The van der Waals surface area contributed by atoms with E-state index in [9.17, 15) is 23.1 Å². The van der Waals surface area contributed by atoms with Crippen LogP contribution in [-0.4, -0.2) is 29.3 Å². The van der Waals surface area contributed by atoms with Crippen molar-refractivity contribution >= 4 is 5.91 Å². The van der Waals surface area contributed by atoms with E-state index in [2.05, 4.69) is 11.8 Å². The number of halogens is 3. The highest BCUT2D eigenvalue weighted by molar-refractivity contribution is 5.81. The zero-order valence-electron chi connectivity index (χ0n) is 14.0. The van der Waals surface area contributed by atoms with Crippen molar-refractivity contribution in [1.82, 2.24) is 5.32 Å². The average Bonchev–Trinajstić information content (AvgIpc) is 2.57. The third-order valence-corrected chi connectivity index (χ3v) is 4.23. The van der Waals surface area contributed by atoms with Crippen molar-refractivity contribution in [3.8, 4) is 11.8 Å². The summed E-state index contributed by atoms with van der Waals surface area (Å²) in [7, 11) is 0. The lowest BCUT2D eigenvalue weighted by Crippen LogP contribution is -2.37. The van der Waals surface area contributed by atoms with Gasteiger partial charge in [0, 0.05) is 12.1 Å². The number of hydrogen-bond acceptors (Lipinski definition) is 2. The summed E-state index contributed by atoms with van der Waals surface area (Å²) in [6.45, 7) is -0.0337. The van der Waals surface area contributed by atoms with Crippen LogP contribution >= 0.6 is 0 Å². The predicted octanol–water partition coefficient (Wildman–Crippen LogP) is 3.34. The van der Waals surface area contributed by atoms with Crippen molar-refractivity contribution in [2.75, 3.05) is 6.54 Å². The fourth-order valence-electron chi connectivity index (χ4n) is 2.85. The van der Waals surface area contributed by atoms with Gasteiger partial charge in [-0.25, -0.2) is 0 Å². The minimum atomic E-state index is -4.84. The number of carbonyl (C=O) groups excluding carboxylic acids is 1. The molecule has 1 fully saturated rings. The normalized spacial score (nSPS) is 16.6. The molecule has 1 saturated carbocycles. The predicted molar refractivity (Wildman–Crippen MR) is 88.7 cm³/mol. The highest BCUT2D eigenvalue weighted by Gasteiger charge is 2.38. The molecule has 136 valence electrons. The molecular formula is C19H22F3NO2. The molecule has 0 heterocycles. The Hall–Kier alpha value is -2.00. The van der Waals surface area contributed by atoms with Gasteiger partial charge in [0.1, 0.15) is 5.60 Å². The summed E-state index contributed by atoms with van der Waals surface area (Å²) in [5.74, 6) is 4.06. The second-order valence-corrected chi connectivity index (χ2v) is 6.40. The molecular weight excluding hydrogens is 331 g/mol. The number of alkyl halides is 3. The molecule has 3 nitrogen and oxygen atoms in total. The Morgan fingerprint density at radius 1 is 1.24 bits per heavy atom. The number of aliphatic hydroxyl groups is 1. The molecule has 1 aliphatic carbocycles. The summed E-state index contributed by atoms with van der Waals surface area (Å²) in [4.78, 5) is 10.7. The van der Waals surface area contributed by atoms with Gasteiger partial charge in [0.2, 0.25) is 0 Å². The smallest absolute Gasteiger partial charge is 0.378 e. The second-order valence-electron chi connectivity index (χ2n) is 6.40. The fraction of sp³-hybridized carbons (Fsp3) is 0.526. The number of hydrogen-bond donors (Lipinski definition) is 2. The first-order valence-corrected chi connectivity index (χ1v) is 8.48. The van der Waals surface area contributed by atoms with Crippen LogP contribution in [-0.2, 0) is 11.2 Å². The molecule has 0 atom stereocenters. The summed E-state index contributed by atoms with van der Waals surface area (Å²) in [6, 6.07) is 7.41. The zero-order valence-corrected chi connectivity index (χ0v) is 14.0. The van der Waals surface area contributed by atoms with Crippen molar-refractivity contribution in [3.63, 3.8) is 0 Å². The Bertz CT molecular complexity index is 653. The average molecular weight is 353 g/mol. The fourth-order valence-corrected chi connectivity index (χ4v) is 2.85. The SMILES string of the molecule is O=C(NCCCc1cccc(C#CC2(O)CCCCC2)c1)C(F)(F)F. The number of nitrogens with one attached hydrogen (secondary N) is 1. The lowest BCUT2D eigenvalue weighted by atomic mass is 9.85. The van der Waals surface area contributed by atoms with Crippen LogP contribution in [0.3, 0.4) is 0 Å². The lowest BCUT2D eigenvalue weighted by Gasteiger charge is -2.26. The summed E-state index contributed by atoms with van der Waals surface area (Å²) < 4.78 is 36.2. The van der Waals surface area contributed by atoms with Gasteiger partial charge in [-0.1, -0.05) is 30.4 Å². The Balaban J connectivity index is 1.86. The molecule has 1 aromatic carbocycles. The zero-order chi connectivity index (χ0) is 18.3. The van der Waals surface area contributed by atoms with Gasteiger partial charge in [-0.3, -0.25) is 4.79 Å². The molecule has 0 saturated heterocycles. The maximum Gasteiger partial charge on any atom is 0.471 e. The van der Waals surface area contributed by atoms with Crippen LogP contribution in [0.25, 0.3) is 0 Å². The molecule has 2 N–H and O–H groups in total. The standard InChI is InChI=1S/C19H22F3NO2/c20-19(21,22)17(24)23-13-5-8-15-6-4-7-16(14-15)9-12-18(25)10-2-1-3-11-18/h4,6-7,14,25H,1-3,5,8,10-11,13H2,(H,23,24). The summed E-state index contributed by atoms with van der Waals surface area (Å²) in [5.41, 5.74) is 0.801. The molecule has 6 heteroatoms. The molecule has 0 spiro atoms. The molecule has 0 aliphatic heterocycles. The van der Waals surface area contributed by atoms with Gasteiger partial charge >= 0.3 is 12.1 Å². The maximum absolute atomic E-state index is 12.1. The first-order chi connectivity index (χ1) is 11.8. The van der Waals surface area contributed by atoms with Crippen molar-refractivity contribution < 1.29 is 23.1 Å². The van der Waals surface area contributed by atoms with Crippen LogP contribution in [0, 0.1) is 11.8 Å². The third kappa shape index (κ3) is 6.43. The van der Waals surface area contributed by atoms with Crippen LogP contribution in [0.15, 0.2) is 24.3 Å². The van der Waals surface area contributed by atoms with Crippen molar-refractivity contribution in [2.45, 2.75) is 56.7 Å². The molecule has 0 bridgehead atoms. The molecule has 2 rings (SSSR count). The van der Waals surface area contributed by atoms with E-state index in [0.717, 1.165) is 30.4 Å². The minimum absolute atomic E-state index is 0.0337. The van der Waals surface area contributed by atoms with E-state index in [1.807, 2.05) is 29.6 Å². The van der Waals surface area contributed by atoms with Crippen LogP contribution in [0.4, 0.5) is 13.2 Å². The van der Waals surface area contributed by atoms with E-state index < -0.39 is 17.7 Å². The van der Waals surface area contributed by atoms with Crippen molar-refractivity contribution in [1.29, 1.82) is 0 Å². The summed E-state index contributed by atoms with van der Waals surface area (Å²) >= 11 is 0. The largest absolute Gasteiger partial charge is 0.471 e. The summed E-state index contributed by atoms with van der Waals surface area (Å²) in [6.07, 6.45) is 0.584.